The standard InChI is InChI=1S/C18H26N2O/c1-5-13-11-14-9-8-10-15(17(21)12-20(4)7-3)18(14)19-16(13)6-2/h8-11,17,21H,5-7,12H2,1-4H3. The number of aryl methyl sites for hydroxylation is 2. The molecule has 1 heterocycles. The fraction of sp³-hybridized carbons (Fsp3) is 0.500. The molecule has 0 amide bonds. The smallest absolute Gasteiger partial charge is 0.0937 e. The van der Waals surface area contributed by atoms with Crippen molar-refractivity contribution in [1.82, 2.24) is 9.88 Å². The van der Waals surface area contributed by atoms with Crippen LogP contribution in [0.4, 0.5) is 0 Å². The normalized spacial score (nSPS) is 13.0. The van der Waals surface area contributed by atoms with Gasteiger partial charge in [-0.3, -0.25) is 4.98 Å². The number of para-hydroxylation sites is 1. The minimum Gasteiger partial charge on any atom is -0.387 e. The zero-order valence-electron chi connectivity index (χ0n) is 13.6. The maximum Gasteiger partial charge on any atom is 0.0937 e. The minimum atomic E-state index is -0.497. The number of pyridine rings is 1. The highest BCUT2D eigenvalue weighted by atomic mass is 16.3. The van der Waals surface area contributed by atoms with E-state index in [9.17, 15) is 5.11 Å². The van der Waals surface area contributed by atoms with E-state index in [1.165, 1.54) is 5.56 Å². The van der Waals surface area contributed by atoms with Crippen molar-refractivity contribution in [2.75, 3.05) is 20.1 Å². The third kappa shape index (κ3) is 3.42. The van der Waals surface area contributed by atoms with Crippen LogP contribution < -0.4 is 0 Å². The van der Waals surface area contributed by atoms with Crippen LogP contribution in [0.2, 0.25) is 0 Å². The van der Waals surface area contributed by atoms with Gasteiger partial charge in [0.05, 0.1) is 11.6 Å². The number of hydrogen-bond acceptors (Lipinski definition) is 3. The number of hydrogen-bond donors (Lipinski definition) is 1. The molecule has 0 aliphatic carbocycles. The number of fused-ring (bicyclic) bond motifs is 1. The maximum atomic E-state index is 10.5. The Hall–Kier alpha value is -1.45. The van der Waals surface area contributed by atoms with Crippen molar-refractivity contribution >= 4 is 10.9 Å². The molecule has 1 N–H and O–H groups in total. The van der Waals surface area contributed by atoms with Gasteiger partial charge < -0.3 is 10.0 Å². The molecular weight excluding hydrogens is 260 g/mol. The van der Waals surface area contributed by atoms with Crippen molar-refractivity contribution < 1.29 is 5.11 Å². The first-order valence-corrected chi connectivity index (χ1v) is 7.88. The van der Waals surface area contributed by atoms with E-state index in [-0.39, 0.29) is 0 Å². The number of aromatic nitrogens is 1. The summed E-state index contributed by atoms with van der Waals surface area (Å²) in [6.07, 6.45) is 1.43. The second-order valence-electron chi connectivity index (χ2n) is 5.59. The average molecular weight is 286 g/mol. The molecule has 0 spiro atoms. The first-order valence-electron chi connectivity index (χ1n) is 7.88. The van der Waals surface area contributed by atoms with Crippen molar-refractivity contribution in [1.29, 1.82) is 0 Å². The van der Waals surface area contributed by atoms with E-state index in [1.54, 1.807) is 0 Å². The van der Waals surface area contributed by atoms with Gasteiger partial charge in [0.2, 0.25) is 0 Å². The molecule has 1 atom stereocenters. The predicted octanol–water partition coefficient (Wildman–Crippen LogP) is 3.34. The number of nitrogens with zero attached hydrogens (tertiary/aromatic N) is 2. The molecule has 1 aromatic heterocycles. The van der Waals surface area contributed by atoms with Gasteiger partial charge >= 0.3 is 0 Å². The van der Waals surface area contributed by atoms with Crippen molar-refractivity contribution in [3.05, 3.63) is 41.1 Å². The largest absolute Gasteiger partial charge is 0.387 e. The van der Waals surface area contributed by atoms with Gasteiger partial charge in [-0.25, -0.2) is 0 Å². The highest BCUT2D eigenvalue weighted by Gasteiger charge is 2.15. The number of aliphatic hydroxyl groups excluding tert-OH is 1. The van der Waals surface area contributed by atoms with Gasteiger partial charge in [-0.2, -0.15) is 0 Å². The number of aliphatic hydroxyl groups is 1. The Morgan fingerprint density at radius 1 is 1.19 bits per heavy atom. The Morgan fingerprint density at radius 3 is 2.57 bits per heavy atom. The SMILES string of the molecule is CCc1cc2cccc(C(O)CN(C)CC)c2nc1CC. The maximum absolute atomic E-state index is 10.5. The number of likely N-dealkylation sites (N-methyl/N-ethyl adjacent to an activating group) is 1. The molecule has 1 aromatic carbocycles. The lowest BCUT2D eigenvalue weighted by Crippen LogP contribution is -2.24. The van der Waals surface area contributed by atoms with E-state index in [0.717, 1.165) is 41.5 Å². The first kappa shape index (κ1) is 15.9. The van der Waals surface area contributed by atoms with Gasteiger partial charge in [0.15, 0.2) is 0 Å². The molecule has 0 bridgehead atoms. The lowest BCUT2D eigenvalue weighted by atomic mass is 10.0. The molecular formula is C18H26N2O. The van der Waals surface area contributed by atoms with E-state index in [2.05, 4.69) is 37.8 Å². The van der Waals surface area contributed by atoms with Crippen molar-refractivity contribution in [2.45, 2.75) is 39.7 Å². The van der Waals surface area contributed by atoms with Crippen LogP contribution in [0.3, 0.4) is 0 Å². The Labute approximate surface area is 127 Å². The first-order chi connectivity index (χ1) is 10.1. The van der Waals surface area contributed by atoms with Crippen LogP contribution >= 0.6 is 0 Å². The number of benzene rings is 1. The fourth-order valence-electron chi connectivity index (χ4n) is 2.71. The molecule has 0 fully saturated rings. The number of rotatable bonds is 6. The van der Waals surface area contributed by atoms with Crippen LogP contribution in [0, 0.1) is 0 Å². The summed E-state index contributed by atoms with van der Waals surface area (Å²) in [5.74, 6) is 0. The molecule has 0 saturated carbocycles. The molecule has 1 unspecified atom stereocenters. The van der Waals surface area contributed by atoms with Gasteiger partial charge in [0, 0.05) is 23.2 Å². The van der Waals surface area contributed by atoms with Crippen molar-refractivity contribution in [2.24, 2.45) is 0 Å². The van der Waals surface area contributed by atoms with Crippen molar-refractivity contribution in [3.63, 3.8) is 0 Å². The van der Waals surface area contributed by atoms with Crippen LogP contribution in [-0.4, -0.2) is 35.1 Å². The third-order valence-electron chi connectivity index (χ3n) is 4.14. The fourth-order valence-corrected chi connectivity index (χ4v) is 2.71. The van der Waals surface area contributed by atoms with Crippen molar-refractivity contribution in [3.8, 4) is 0 Å². The second-order valence-corrected chi connectivity index (χ2v) is 5.59. The van der Waals surface area contributed by atoms with Crippen LogP contribution in [0.5, 0.6) is 0 Å². The summed E-state index contributed by atoms with van der Waals surface area (Å²) in [5.41, 5.74) is 4.34. The predicted molar refractivity (Wildman–Crippen MR) is 88.6 cm³/mol. The highest BCUT2D eigenvalue weighted by molar-refractivity contribution is 5.83. The minimum absolute atomic E-state index is 0.497. The summed E-state index contributed by atoms with van der Waals surface area (Å²) in [6.45, 7) is 7.95. The van der Waals surface area contributed by atoms with Gasteiger partial charge in [0.1, 0.15) is 0 Å². The highest BCUT2D eigenvalue weighted by Crippen LogP contribution is 2.26. The zero-order chi connectivity index (χ0) is 15.4. The lowest BCUT2D eigenvalue weighted by molar-refractivity contribution is 0.130. The van der Waals surface area contributed by atoms with E-state index in [1.807, 2.05) is 19.2 Å². The monoisotopic (exact) mass is 286 g/mol. The molecule has 3 nitrogen and oxygen atoms in total. The van der Waals surface area contributed by atoms with Gasteiger partial charge in [-0.15, -0.1) is 0 Å². The summed E-state index contributed by atoms with van der Waals surface area (Å²) in [7, 11) is 2.02. The average Bonchev–Trinajstić information content (AvgIpc) is 2.52. The third-order valence-corrected chi connectivity index (χ3v) is 4.14. The lowest BCUT2D eigenvalue weighted by Gasteiger charge is -2.20. The molecule has 21 heavy (non-hydrogen) atoms. The quantitative estimate of drug-likeness (QED) is 0.884. The summed E-state index contributed by atoms with van der Waals surface area (Å²) in [5, 5.41) is 11.7. The molecule has 0 radical (unpaired) electrons. The van der Waals surface area contributed by atoms with Gasteiger partial charge in [-0.05, 0) is 38.1 Å². The Morgan fingerprint density at radius 2 is 1.95 bits per heavy atom. The molecule has 3 heteroatoms. The van der Waals surface area contributed by atoms with E-state index in [4.69, 9.17) is 4.98 Å². The molecule has 2 aromatic rings. The van der Waals surface area contributed by atoms with Crippen LogP contribution in [-0.2, 0) is 12.8 Å². The topological polar surface area (TPSA) is 36.4 Å². The van der Waals surface area contributed by atoms with Gasteiger partial charge in [-0.1, -0.05) is 39.0 Å². The van der Waals surface area contributed by atoms with E-state index in [0.29, 0.717) is 6.54 Å². The van der Waals surface area contributed by atoms with Crippen LogP contribution in [0.25, 0.3) is 10.9 Å². The van der Waals surface area contributed by atoms with Crippen LogP contribution in [0.15, 0.2) is 24.3 Å². The molecule has 2 rings (SSSR count). The van der Waals surface area contributed by atoms with E-state index >= 15 is 0 Å². The molecule has 114 valence electrons. The summed E-state index contributed by atoms with van der Waals surface area (Å²) < 4.78 is 0. The molecule has 0 aliphatic rings. The molecule has 0 aliphatic heterocycles. The van der Waals surface area contributed by atoms with E-state index < -0.39 is 6.10 Å². The van der Waals surface area contributed by atoms with Gasteiger partial charge in [0.25, 0.3) is 0 Å². The van der Waals surface area contributed by atoms with Crippen LogP contribution in [0.1, 0.15) is 43.7 Å². The summed E-state index contributed by atoms with van der Waals surface area (Å²) >= 11 is 0. The second kappa shape index (κ2) is 7.01. The zero-order valence-corrected chi connectivity index (χ0v) is 13.6. The Balaban J connectivity index is 2.49. The Kier molecular flexibility index (Phi) is 5.32. The summed E-state index contributed by atoms with van der Waals surface area (Å²) in [6, 6.07) is 8.32. The Bertz CT molecular complexity index is 609. The molecule has 0 saturated heterocycles. The summed E-state index contributed by atoms with van der Waals surface area (Å²) in [4.78, 5) is 6.96.